The van der Waals surface area contributed by atoms with Crippen LogP contribution in [0.15, 0.2) is 11.5 Å². The normalized spacial score (nSPS) is 21.2. The fraction of sp³-hybridized carbons (Fsp3) is 0.611. The van der Waals surface area contributed by atoms with E-state index in [4.69, 9.17) is 0 Å². The highest BCUT2D eigenvalue weighted by atomic mass is 32.1. The third-order valence-electron chi connectivity index (χ3n) is 4.40. The van der Waals surface area contributed by atoms with E-state index in [0.29, 0.717) is 6.54 Å². The SMILES string of the molecule is CCCCNC(=O)[C@@H]1CC[C@@H](C)N(C(=O)/C=C\c2csc(C)n2)C1. The zero-order chi connectivity index (χ0) is 17.5. The summed E-state index contributed by atoms with van der Waals surface area (Å²) in [5.41, 5.74) is 0.810. The van der Waals surface area contributed by atoms with Crippen LogP contribution in [0.3, 0.4) is 0 Å². The van der Waals surface area contributed by atoms with Gasteiger partial charge in [-0.05, 0) is 39.2 Å². The summed E-state index contributed by atoms with van der Waals surface area (Å²) >= 11 is 1.57. The molecule has 2 atom stereocenters. The molecular weight excluding hydrogens is 322 g/mol. The number of unbranched alkanes of at least 4 members (excludes halogenated alkanes) is 1. The van der Waals surface area contributed by atoms with Crippen molar-refractivity contribution in [1.82, 2.24) is 15.2 Å². The van der Waals surface area contributed by atoms with Gasteiger partial charge in [0.15, 0.2) is 0 Å². The molecular formula is C18H27N3O2S. The molecule has 1 fully saturated rings. The Hall–Kier alpha value is -1.69. The summed E-state index contributed by atoms with van der Waals surface area (Å²) in [6, 6.07) is 0.166. The summed E-state index contributed by atoms with van der Waals surface area (Å²) < 4.78 is 0. The van der Waals surface area contributed by atoms with Crippen LogP contribution >= 0.6 is 11.3 Å². The molecule has 1 aliphatic rings. The lowest BCUT2D eigenvalue weighted by molar-refractivity contribution is -0.134. The van der Waals surface area contributed by atoms with Gasteiger partial charge in [0, 0.05) is 30.6 Å². The number of carbonyl (C=O) groups excluding carboxylic acids is 2. The Morgan fingerprint density at radius 2 is 2.25 bits per heavy atom. The van der Waals surface area contributed by atoms with E-state index in [2.05, 4.69) is 17.2 Å². The van der Waals surface area contributed by atoms with E-state index >= 15 is 0 Å². The Morgan fingerprint density at radius 1 is 1.46 bits per heavy atom. The van der Waals surface area contributed by atoms with Gasteiger partial charge in [-0.2, -0.15) is 0 Å². The van der Waals surface area contributed by atoms with Gasteiger partial charge in [0.25, 0.3) is 0 Å². The maximum atomic E-state index is 12.5. The van der Waals surface area contributed by atoms with Crippen molar-refractivity contribution in [2.24, 2.45) is 5.92 Å². The highest BCUT2D eigenvalue weighted by Crippen LogP contribution is 2.22. The van der Waals surface area contributed by atoms with Crippen LogP contribution in [0.1, 0.15) is 50.2 Å². The van der Waals surface area contributed by atoms with Crippen LogP contribution in [0.2, 0.25) is 0 Å². The van der Waals surface area contributed by atoms with E-state index in [1.807, 2.05) is 24.1 Å². The van der Waals surface area contributed by atoms with Gasteiger partial charge in [0.2, 0.25) is 11.8 Å². The van der Waals surface area contributed by atoms with Crippen molar-refractivity contribution in [3.8, 4) is 0 Å². The highest BCUT2D eigenvalue weighted by Gasteiger charge is 2.31. The third-order valence-corrected chi connectivity index (χ3v) is 5.19. The minimum absolute atomic E-state index is 0.0424. The second-order valence-corrected chi connectivity index (χ2v) is 7.45. The van der Waals surface area contributed by atoms with Gasteiger partial charge in [0.05, 0.1) is 16.6 Å². The number of aryl methyl sites for hydroxylation is 1. The molecule has 5 nitrogen and oxygen atoms in total. The van der Waals surface area contributed by atoms with Crippen molar-refractivity contribution >= 4 is 29.2 Å². The van der Waals surface area contributed by atoms with E-state index < -0.39 is 0 Å². The largest absolute Gasteiger partial charge is 0.356 e. The van der Waals surface area contributed by atoms with Crippen molar-refractivity contribution in [2.45, 2.75) is 52.5 Å². The first-order valence-corrected chi connectivity index (χ1v) is 9.57. The number of likely N-dealkylation sites (tertiary alicyclic amines) is 1. The number of aromatic nitrogens is 1. The predicted molar refractivity (Wildman–Crippen MR) is 97.7 cm³/mol. The molecule has 0 aliphatic carbocycles. The van der Waals surface area contributed by atoms with E-state index in [0.717, 1.165) is 42.9 Å². The molecule has 1 aromatic rings. The zero-order valence-electron chi connectivity index (χ0n) is 14.7. The molecule has 132 valence electrons. The number of hydrogen-bond donors (Lipinski definition) is 1. The summed E-state index contributed by atoms with van der Waals surface area (Å²) in [5.74, 6) is -0.0663. The van der Waals surface area contributed by atoms with Gasteiger partial charge in [-0.25, -0.2) is 4.98 Å². The van der Waals surface area contributed by atoms with Crippen LogP contribution < -0.4 is 5.32 Å². The Labute approximate surface area is 148 Å². The molecule has 0 radical (unpaired) electrons. The Morgan fingerprint density at radius 3 is 2.92 bits per heavy atom. The van der Waals surface area contributed by atoms with E-state index in [-0.39, 0.29) is 23.8 Å². The van der Waals surface area contributed by atoms with Crippen LogP contribution in [0, 0.1) is 12.8 Å². The van der Waals surface area contributed by atoms with Crippen LogP contribution in [0.5, 0.6) is 0 Å². The van der Waals surface area contributed by atoms with Gasteiger partial charge >= 0.3 is 0 Å². The predicted octanol–water partition coefficient (Wildman–Crippen LogP) is 3.01. The van der Waals surface area contributed by atoms with Gasteiger partial charge in [-0.3, -0.25) is 9.59 Å². The molecule has 24 heavy (non-hydrogen) atoms. The first kappa shape index (κ1) is 18.6. The maximum absolute atomic E-state index is 12.5. The monoisotopic (exact) mass is 349 g/mol. The number of nitrogens with one attached hydrogen (secondary N) is 1. The van der Waals surface area contributed by atoms with Crippen LogP contribution in [0.25, 0.3) is 6.08 Å². The van der Waals surface area contributed by atoms with Crippen LogP contribution in [-0.4, -0.2) is 40.8 Å². The second-order valence-electron chi connectivity index (χ2n) is 6.38. The standard InChI is InChI=1S/C18H27N3O2S/c1-4-5-10-19-18(23)15-7-6-13(2)21(11-15)17(22)9-8-16-12-24-14(3)20-16/h8-9,12-13,15H,4-7,10-11H2,1-3H3,(H,19,23)/b9-8-/t13-,15-/m1/s1. The van der Waals surface area contributed by atoms with Crippen molar-refractivity contribution in [3.63, 3.8) is 0 Å². The Balaban J connectivity index is 1.93. The fourth-order valence-corrected chi connectivity index (χ4v) is 3.45. The van der Waals surface area contributed by atoms with E-state index in [1.165, 1.54) is 0 Å². The van der Waals surface area contributed by atoms with Crippen LogP contribution in [-0.2, 0) is 9.59 Å². The molecule has 0 spiro atoms. The minimum atomic E-state index is -0.100. The Bertz CT molecular complexity index is 597. The van der Waals surface area contributed by atoms with Gasteiger partial charge < -0.3 is 10.2 Å². The van der Waals surface area contributed by atoms with E-state index in [9.17, 15) is 9.59 Å². The average molecular weight is 350 g/mol. The van der Waals surface area contributed by atoms with Gasteiger partial charge in [-0.1, -0.05) is 13.3 Å². The zero-order valence-corrected chi connectivity index (χ0v) is 15.6. The van der Waals surface area contributed by atoms with Gasteiger partial charge in [-0.15, -0.1) is 11.3 Å². The molecule has 1 aromatic heterocycles. The maximum Gasteiger partial charge on any atom is 0.246 e. The quantitative estimate of drug-likeness (QED) is 0.634. The third kappa shape index (κ3) is 5.16. The molecule has 0 saturated carbocycles. The Kier molecular flexibility index (Phi) is 6.97. The average Bonchev–Trinajstić information content (AvgIpc) is 2.98. The molecule has 2 heterocycles. The number of nitrogens with zero attached hydrogens (tertiary/aromatic N) is 2. The summed E-state index contributed by atoms with van der Waals surface area (Å²) in [4.78, 5) is 30.9. The number of thiazole rings is 1. The molecule has 2 amide bonds. The van der Waals surface area contributed by atoms with Crippen molar-refractivity contribution < 1.29 is 9.59 Å². The smallest absolute Gasteiger partial charge is 0.246 e. The molecule has 0 unspecified atom stereocenters. The molecule has 0 aromatic carbocycles. The second kappa shape index (κ2) is 8.97. The van der Waals surface area contributed by atoms with Gasteiger partial charge in [0.1, 0.15) is 0 Å². The molecule has 1 N–H and O–H groups in total. The molecule has 2 rings (SSSR count). The summed E-state index contributed by atoms with van der Waals surface area (Å²) in [6.45, 7) is 7.31. The summed E-state index contributed by atoms with van der Waals surface area (Å²) in [5, 5.41) is 5.90. The first-order valence-electron chi connectivity index (χ1n) is 8.69. The first-order chi connectivity index (χ1) is 11.5. The van der Waals surface area contributed by atoms with Crippen molar-refractivity contribution in [2.75, 3.05) is 13.1 Å². The fourth-order valence-electron chi connectivity index (χ4n) is 2.87. The lowest BCUT2D eigenvalue weighted by Crippen LogP contribution is -2.49. The van der Waals surface area contributed by atoms with Crippen LogP contribution in [0.4, 0.5) is 0 Å². The van der Waals surface area contributed by atoms with Crippen molar-refractivity contribution in [3.05, 3.63) is 22.2 Å². The molecule has 0 bridgehead atoms. The number of amides is 2. The number of hydrogen-bond acceptors (Lipinski definition) is 4. The van der Waals surface area contributed by atoms with Crippen molar-refractivity contribution in [1.29, 1.82) is 0 Å². The lowest BCUT2D eigenvalue weighted by Gasteiger charge is -2.36. The topological polar surface area (TPSA) is 62.3 Å². The number of carbonyl (C=O) groups is 2. The molecule has 1 aliphatic heterocycles. The number of rotatable bonds is 6. The minimum Gasteiger partial charge on any atom is -0.356 e. The lowest BCUT2D eigenvalue weighted by atomic mass is 9.92. The number of piperidine rings is 1. The molecule has 1 saturated heterocycles. The van der Waals surface area contributed by atoms with E-state index in [1.54, 1.807) is 23.5 Å². The highest BCUT2D eigenvalue weighted by molar-refractivity contribution is 7.09. The summed E-state index contributed by atoms with van der Waals surface area (Å²) in [7, 11) is 0. The molecule has 6 heteroatoms. The summed E-state index contributed by atoms with van der Waals surface area (Å²) in [6.07, 6.45) is 7.09.